The van der Waals surface area contributed by atoms with E-state index < -0.39 is 0 Å². The van der Waals surface area contributed by atoms with Crippen molar-refractivity contribution in [2.45, 2.75) is 6.92 Å². The van der Waals surface area contributed by atoms with E-state index in [4.69, 9.17) is 17.3 Å². The third-order valence-corrected chi connectivity index (χ3v) is 3.94. The molecule has 0 aliphatic rings. The predicted molar refractivity (Wildman–Crippen MR) is 86.8 cm³/mol. The minimum absolute atomic E-state index is 0.474. The maximum Gasteiger partial charge on any atom is 0.163 e. The van der Waals surface area contributed by atoms with Crippen molar-refractivity contribution in [1.82, 2.24) is 9.97 Å². The highest BCUT2D eigenvalue weighted by atomic mass is 79.9. The van der Waals surface area contributed by atoms with Crippen LogP contribution in [0.3, 0.4) is 0 Å². The van der Waals surface area contributed by atoms with Crippen molar-refractivity contribution in [3.05, 3.63) is 51.5 Å². The van der Waals surface area contributed by atoms with Crippen molar-refractivity contribution < 1.29 is 0 Å². The number of aryl methyl sites for hydroxylation is 1. The molecule has 0 radical (unpaired) electrons. The molecule has 3 aromatic rings. The van der Waals surface area contributed by atoms with Gasteiger partial charge >= 0.3 is 0 Å². The van der Waals surface area contributed by atoms with Crippen LogP contribution in [0.1, 0.15) is 5.56 Å². The Morgan fingerprint density at radius 2 is 1.95 bits per heavy atom. The zero-order valence-corrected chi connectivity index (χ0v) is 13.0. The van der Waals surface area contributed by atoms with Gasteiger partial charge in [-0.1, -0.05) is 39.7 Å². The molecule has 0 saturated carbocycles. The molecule has 0 fully saturated rings. The van der Waals surface area contributed by atoms with Crippen LogP contribution in [0.15, 0.2) is 40.9 Å². The van der Waals surface area contributed by atoms with E-state index in [0.29, 0.717) is 16.7 Å². The van der Waals surface area contributed by atoms with Gasteiger partial charge < -0.3 is 5.73 Å². The van der Waals surface area contributed by atoms with E-state index in [1.54, 1.807) is 0 Å². The second kappa shape index (κ2) is 5.04. The van der Waals surface area contributed by atoms with Crippen LogP contribution in [-0.2, 0) is 0 Å². The van der Waals surface area contributed by atoms with E-state index in [9.17, 15) is 0 Å². The molecule has 0 aliphatic carbocycles. The molecule has 1 aromatic heterocycles. The SMILES string of the molecule is Cc1cccc2nc(-c3ccc(Br)cc3Cl)nc(N)c12. The summed E-state index contributed by atoms with van der Waals surface area (Å²) in [5.74, 6) is 1.01. The van der Waals surface area contributed by atoms with Gasteiger partial charge in [0.05, 0.1) is 10.5 Å². The van der Waals surface area contributed by atoms with E-state index in [0.717, 1.165) is 26.5 Å². The van der Waals surface area contributed by atoms with Gasteiger partial charge in [-0.3, -0.25) is 0 Å². The van der Waals surface area contributed by atoms with Gasteiger partial charge in [0.1, 0.15) is 5.82 Å². The Bertz CT molecular complexity index is 818. The van der Waals surface area contributed by atoms with Crippen LogP contribution in [0.25, 0.3) is 22.3 Å². The number of benzene rings is 2. The van der Waals surface area contributed by atoms with E-state index in [2.05, 4.69) is 25.9 Å². The fourth-order valence-corrected chi connectivity index (χ4v) is 2.94. The van der Waals surface area contributed by atoms with Gasteiger partial charge in [0.25, 0.3) is 0 Å². The molecule has 0 spiro atoms. The fourth-order valence-electron chi connectivity index (χ4n) is 2.18. The van der Waals surface area contributed by atoms with Gasteiger partial charge in [0, 0.05) is 15.4 Å². The smallest absolute Gasteiger partial charge is 0.163 e. The Kier molecular flexibility index (Phi) is 3.36. The van der Waals surface area contributed by atoms with Crippen molar-refractivity contribution in [1.29, 1.82) is 0 Å². The monoisotopic (exact) mass is 347 g/mol. The number of halogens is 2. The maximum atomic E-state index is 6.25. The number of aromatic nitrogens is 2. The summed E-state index contributed by atoms with van der Waals surface area (Å²) in [5, 5.41) is 1.48. The van der Waals surface area contributed by atoms with E-state index >= 15 is 0 Å². The first-order valence-electron chi connectivity index (χ1n) is 6.04. The lowest BCUT2D eigenvalue weighted by molar-refractivity contribution is 1.23. The quantitative estimate of drug-likeness (QED) is 0.699. The first kappa shape index (κ1) is 13.3. The third kappa shape index (κ3) is 2.25. The molecule has 0 amide bonds. The highest BCUT2D eigenvalue weighted by Crippen LogP contribution is 2.31. The largest absolute Gasteiger partial charge is 0.383 e. The van der Waals surface area contributed by atoms with Gasteiger partial charge in [-0.05, 0) is 36.8 Å². The van der Waals surface area contributed by atoms with Crippen molar-refractivity contribution in [3.8, 4) is 11.4 Å². The zero-order chi connectivity index (χ0) is 14.3. The zero-order valence-electron chi connectivity index (χ0n) is 10.7. The van der Waals surface area contributed by atoms with Crippen molar-refractivity contribution in [2.75, 3.05) is 5.73 Å². The molecule has 0 atom stereocenters. The Morgan fingerprint density at radius 1 is 1.15 bits per heavy atom. The van der Waals surface area contributed by atoms with Crippen molar-refractivity contribution in [3.63, 3.8) is 0 Å². The number of rotatable bonds is 1. The molecule has 5 heteroatoms. The summed E-state index contributed by atoms with van der Waals surface area (Å²) < 4.78 is 0.913. The van der Waals surface area contributed by atoms with Gasteiger partial charge in [0.15, 0.2) is 5.82 Å². The van der Waals surface area contributed by atoms with Crippen molar-refractivity contribution in [2.24, 2.45) is 0 Å². The molecule has 3 nitrogen and oxygen atoms in total. The normalized spacial score (nSPS) is 10.9. The van der Waals surface area contributed by atoms with Crippen LogP contribution in [-0.4, -0.2) is 9.97 Å². The Labute approximate surface area is 129 Å². The summed E-state index contributed by atoms with van der Waals surface area (Å²) in [4.78, 5) is 8.96. The molecule has 2 aromatic carbocycles. The average Bonchev–Trinajstić information content (AvgIpc) is 2.38. The first-order chi connectivity index (χ1) is 9.56. The summed E-state index contributed by atoms with van der Waals surface area (Å²) >= 11 is 9.63. The number of nitrogen functional groups attached to an aromatic ring is 1. The number of nitrogens with zero attached hydrogens (tertiary/aromatic N) is 2. The minimum Gasteiger partial charge on any atom is -0.383 e. The number of nitrogens with two attached hydrogens (primary N) is 1. The van der Waals surface area contributed by atoms with E-state index in [1.165, 1.54) is 0 Å². The van der Waals surface area contributed by atoms with Crippen LogP contribution in [0.5, 0.6) is 0 Å². The molecule has 0 unspecified atom stereocenters. The predicted octanol–water partition coefficient (Wildman–Crippen LogP) is 4.60. The van der Waals surface area contributed by atoms with Gasteiger partial charge in [-0.2, -0.15) is 0 Å². The Morgan fingerprint density at radius 3 is 2.70 bits per heavy atom. The topological polar surface area (TPSA) is 51.8 Å². The van der Waals surface area contributed by atoms with Gasteiger partial charge in [-0.25, -0.2) is 9.97 Å². The lowest BCUT2D eigenvalue weighted by Gasteiger charge is -2.09. The maximum absolute atomic E-state index is 6.25. The average molecular weight is 349 g/mol. The summed E-state index contributed by atoms with van der Waals surface area (Å²) in [7, 11) is 0. The van der Waals surface area contributed by atoms with Crippen LogP contribution in [0.4, 0.5) is 5.82 Å². The van der Waals surface area contributed by atoms with Crippen LogP contribution < -0.4 is 5.73 Å². The molecular formula is C15H11BrClN3. The van der Waals surface area contributed by atoms with E-state index in [1.807, 2.05) is 43.3 Å². The summed E-state index contributed by atoms with van der Waals surface area (Å²) in [6.45, 7) is 1.99. The lowest BCUT2D eigenvalue weighted by atomic mass is 10.1. The number of fused-ring (bicyclic) bond motifs is 1. The molecular weight excluding hydrogens is 338 g/mol. The highest BCUT2D eigenvalue weighted by Gasteiger charge is 2.11. The van der Waals surface area contributed by atoms with Crippen LogP contribution >= 0.6 is 27.5 Å². The summed E-state index contributed by atoms with van der Waals surface area (Å²) in [6.07, 6.45) is 0. The Balaban J connectivity index is 2.28. The summed E-state index contributed by atoms with van der Waals surface area (Å²) in [5.41, 5.74) is 8.73. The highest BCUT2D eigenvalue weighted by molar-refractivity contribution is 9.10. The lowest BCUT2D eigenvalue weighted by Crippen LogP contribution is -1.99. The number of anilines is 1. The van der Waals surface area contributed by atoms with Crippen molar-refractivity contribution >= 4 is 44.3 Å². The third-order valence-electron chi connectivity index (χ3n) is 3.13. The molecule has 1 heterocycles. The van der Waals surface area contributed by atoms with Crippen LogP contribution in [0, 0.1) is 6.92 Å². The Hall–Kier alpha value is -1.65. The summed E-state index contributed by atoms with van der Waals surface area (Å²) in [6, 6.07) is 11.5. The fraction of sp³-hybridized carbons (Fsp3) is 0.0667. The molecule has 20 heavy (non-hydrogen) atoms. The second-order valence-corrected chi connectivity index (χ2v) is 5.85. The number of hydrogen-bond acceptors (Lipinski definition) is 3. The van der Waals surface area contributed by atoms with Crippen LogP contribution in [0.2, 0.25) is 5.02 Å². The first-order valence-corrected chi connectivity index (χ1v) is 7.21. The molecule has 100 valence electrons. The molecule has 0 aliphatic heterocycles. The molecule has 0 saturated heterocycles. The van der Waals surface area contributed by atoms with E-state index in [-0.39, 0.29) is 0 Å². The molecule has 3 rings (SSSR count). The van der Waals surface area contributed by atoms with Gasteiger partial charge in [0.2, 0.25) is 0 Å². The minimum atomic E-state index is 0.474. The van der Waals surface area contributed by atoms with Gasteiger partial charge in [-0.15, -0.1) is 0 Å². The second-order valence-electron chi connectivity index (χ2n) is 4.53. The standard InChI is InChI=1S/C15H11BrClN3/c1-8-3-2-4-12-13(8)14(18)20-15(19-12)10-6-5-9(16)7-11(10)17/h2-7H,1H3,(H2,18,19,20). The molecule has 2 N–H and O–H groups in total. The number of hydrogen-bond donors (Lipinski definition) is 1. The molecule has 0 bridgehead atoms.